The third-order valence-electron chi connectivity index (χ3n) is 2.90. The Morgan fingerprint density at radius 3 is 2.63 bits per heavy atom. The van der Waals surface area contributed by atoms with Crippen molar-refractivity contribution in [1.82, 2.24) is 0 Å². The van der Waals surface area contributed by atoms with E-state index in [2.05, 4.69) is 15.9 Å². The number of methoxy groups -OCH3 is 1. The maximum atomic E-state index is 13.9. The lowest BCUT2D eigenvalue weighted by molar-refractivity contribution is 0.410. The van der Waals surface area contributed by atoms with Crippen LogP contribution < -0.4 is 4.74 Å². The highest BCUT2D eigenvalue weighted by Gasteiger charge is 2.15. The Kier molecular flexibility index (Phi) is 4.83. The number of rotatable bonds is 4. The second-order valence-electron chi connectivity index (χ2n) is 4.15. The molecule has 0 saturated heterocycles. The molecule has 1 atom stereocenters. The summed E-state index contributed by atoms with van der Waals surface area (Å²) in [5.41, 5.74) is 1.59. The highest BCUT2D eigenvalue weighted by atomic mass is 79.9. The SMILES string of the molecule is COc1ccc(C(Br)Cc2ccccc2Cl)c(F)c1. The molecule has 100 valence electrons. The lowest BCUT2D eigenvalue weighted by Crippen LogP contribution is -1.99. The number of alkyl halides is 1. The Morgan fingerprint density at radius 2 is 2.00 bits per heavy atom. The van der Waals surface area contributed by atoms with Crippen LogP contribution in [0.5, 0.6) is 5.75 Å². The summed E-state index contributed by atoms with van der Waals surface area (Å²) in [7, 11) is 1.52. The first-order valence-electron chi connectivity index (χ1n) is 5.82. The van der Waals surface area contributed by atoms with Crippen LogP contribution in [0.2, 0.25) is 5.02 Å². The fourth-order valence-corrected chi connectivity index (χ4v) is 2.79. The number of benzene rings is 2. The second kappa shape index (κ2) is 6.40. The van der Waals surface area contributed by atoms with Crippen molar-refractivity contribution in [2.75, 3.05) is 7.11 Å². The molecule has 0 bridgehead atoms. The summed E-state index contributed by atoms with van der Waals surface area (Å²) in [5.74, 6) is 0.229. The molecule has 0 spiro atoms. The first-order valence-corrected chi connectivity index (χ1v) is 7.12. The Labute approximate surface area is 125 Å². The zero-order valence-corrected chi connectivity index (χ0v) is 12.7. The van der Waals surface area contributed by atoms with Crippen LogP contribution in [-0.2, 0) is 6.42 Å². The molecule has 1 nitrogen and oxygen atoms in total. The molecule has 0 heterocycles. The summed E-state index contributed by atoms with van der Waals surface area (Å²) in [5, 5.41) is 0.695. The highest BCUT2D eigenvalue weighted by molar-refractivity contribution is 9.09. The molecule has 2 aromatic rings. The van der Waals surface area contributed by atoms with Crippen molar-refractivity contribution >= 4 is 27.5 Å². The van der Waals surface area contributed by atoms with Gasteiger partial charge in [-0.1, -0.05) is 51.8 Å². The van der Waals surface area contributed by atoms with Crippen LogP contribution in [0.15, 0.2) is 42.5 Å². The van der Waals surface area contributed by atoms with E-state index in [4.69, 9.17) is 16.3 Å². The van der Waals surface area contributed by atoms with Crippen LogP contribution in [0.1, 0.15) is 16.0 Å². The minimum Gasteiger partial charge on any atom is -0.497 e. The van der Waals surface area contributed by atoms with Gasteiger partial charge in [-0.15, -0.1) is 0 Å². The summed E-state index contributed by atoms with van der Waals surface area (Å²) in [4.78, 5) is -0.127. The van der Waals surface area contributed by atoms with E-state index in [9.17, 15) is 4.39 Å². The summed E-state index contributed by atoms with van der Waals surface area (Å²) >= 11 is 9.62. The number of hydrogen-bond acceptors (Lipinski definition) is 1. The minimum absolute atomic E-state index is 0.127. The average molecular weight is 344 g/mol. The molecule has 0 N–H and O–H groups in total. The zero-order chi connectivity index (χ0) is 13.8. The van der Waals surface area contributed by atoms with Crippen molar-refractivity contribution in [1.29, 1.82) is 0 Å². The molecule has 4 heteroatoms. The maximum Gasteiger partial charge on any atom is 0.131 e. The quantitative estimate of drug-likeness (QED) is 0.696. The molecule has 2 rings (SSSR count). The molecule has 0 radical (unpaired) electrons. The standard InChI is InChI=1S/C15H13BrClFO/c1-19-11-6-7-12(15(18)9-11)13(16)8-10-4-2-3-5-14(10)17/h2-7,9,13H,8H2,1H3. The lowest BCUT2D eigenvalue weighted by atomic mass is 10.0. The van der Waals surface area contributed by atoms with Gasteiger partial charge in [-0.2, -0.15) is 0 Å². The van der Waals surface area contributed by atoms with Gasteiger partial charge in [0.05, 0.1) is 7.11 Å². The smallest absolute Gasteiger partial charge is 0.131 e. The molecule has 19 heavy (non-hydrogen) atoms. The van der Waals surface area contributed by atoms with Gasteiger partial charge < -0.3 is 4.74 Å². The summed E-state index contributed by atoms with van der Waals surface area (Å²) in [6, 6.07) is 12.4. The van der Waals surface area contributed by atoms with E-state index in [0.717, 1.165) is 5.56 Å². The summed E-state index contributed by atoms with van der Waals surface area (Å²) < 4.78 is 18.9. The normalized spacial score (nSPS) is 12.2. The lowest BCUT2D eigenvalue weighted by Gasteiger charge is -2.13. The number of halogens is 3. The van der Waals surface area contributed by atoms with Crippen molar-refractivity contribution in [3.8, 4) is 5.75 Å². The zero-order valence-electron chi connectivity index (χ0n) is 10.4. The fourth-order valence-electron chi connectivity index (χ4n) is 1.86. The van der Waals surface area contributed by atoms with Crippen molar-refractivity contribution < 1.29 is 9.13 Å². The molecule has 0 fully saturated rings. The Hall–Kier alpha value is -1.06. The van der Waals surface area contributed by atoms with E-state index in [-0.39, 0.29) is 10.6 Å². The Bertz CT molecular complexity index is 574. The van der Waals surface area contributed by atoms with Gasteiger partial charge in [-0.05, 0) is 24.1 Å². The molecule has 0 aliphatic rings. The molecule has 0 aliphatic carbocycles. The summed E-state index contributed by atoms with van der Waals surface area (Å²) in [6.07, 6.45) is 0.628. The third kappa shape index (κ3) is 3.48. The van der Waals surface area contributed by atoms with Gasteiger partial charge in [0.1, 0.15) is 11.6 Å². The van der Waals surface area contributed by atoms with Gasteiger partial charge in [0, 0.05) is 21.5 Å². The van der Waals surface area contributed by atoms with Crippen molar-refractivity contribution in [3.05, 3.63) is 64.4 Å². The van der Waals surface area contributed by atoms with Gasteiger partial charge in [0.2, 0.25) is 0 Å². The van der Waals surface area contributed by atoms with E-state index < -0.39 is 0 Å². The second-order valence-corrected chi connectivity index (χ2v) is 5.66. The Morgan fingerprint density at radius 1 is 1.26 bits per heavy atom. The van der Waals surface area contributed by atoms with Gasteiger partial charge in [0.15, 0.2) is 0 Å². The van der Waals surface area contributed by atoms with E-state index in [1.165, 1.54) is 13.2 Å². The topological polar surface area (TPSA) is 9.23 Å². The van der Waals surface area contributed by atoms with Crippen LogP contribution >= 0.6 is 27.5 Å². The number of hydrogen-bond donors (Lipinski definition) is 0. The molecular weight excluding hydrogens is 331 g/mol. The summed E-state index contributed by atoms with van der Waals surface area (Å²) in [6.45, 7) is 0. The first kappa shape index (κ1) is 14.4. The third-order valence-corrected chi connectivity index (χ3v) is 4.09. The van der Waals surface area contributed by atoms with E-state index >= 15 is 0 Å². The van der Waals surface area contributed by atoms with Crippen molar-refractivity contribution in [2.45, 2.75) is 11.2 Å². The van der Waals surface area contributed by atoms with Crippen LogP contribution in [0, 0.1) is 5.82 Å². The average Bonchev–Trinajstić information content (AvgIpc) is 2.41. The molecule has 0 aliphatic heterocycles. The highest BCUT2D eigenvalue weighted by Crippen LogP contribution is 2.32. The number of ether oxygens (including phenoxy) is 1. The molecule has 0 saturated carbocycles. The van der Waals surface area contributed by atoms with Crippen LogP contribution in [0.25, 0.3) is 0 Å². The van der Waals surface area contributed by atoms with Gasteiger partial charge in [0.25, 0.3) is 0 Å². The monoisotopic (exact) mass is 342 g/mol. The van der Waals surface area contributed by atoms with Gasteiger partial charge in [-0.25, -0.2) is 4.39 Å². The van der Waals surface area contributed by atoms with Crippen molar-refractivity contribution in [3.63, 3.8) is 0 Å². The van der Waals surface area contributed by atoms with Crippen LogP contribution in [-0.4, -0.2) is 7.11 Å². The first-order chi connectivity index (χ1) is 9.11. The van der Waals surface area contributed by atoms with E-state index in [0.29, 0.717) is 22.8 Å². The predicted octanol–water partition coefficient (Wildman–Crippen LogP) is 5.17. The molecule has 0 amide bonds. The van der Waals surface area contributed by atoms with Gasteiger partial charge in [-0.3, -0.25) is 0 Å². The minimum atomic E-state index is -0.284. The fraction of sp³-hybridized carbons (Fsp3) is 0.200. The van der Waals surface area contributed by atoms with Gasteiger partial charge >= 0.3 is 0 Å². The van der Waals surface area contributed by atoms with E-state index in [1.807, 2.05) is 24.3 Å². The van der Waals surface area contributed by atoms with Crippen LogP contribution in [0.4, 0.5) is 4.39 Å². The van der Waals surface area contributed by atoms with Crippen molar-refractivity contribution in [2.24, 2.45) is 0 Å². The molecule has 0 aromatic heterocycles. The molecule has 2 aromatic carbocycles. The molecular formula is C15H13BrClFO. The van der Waals surface area contributed by atoms with Crippen LogP contribution in [0.3, 0.4) is 0 Å². The predicted molar refractivity (Wildman–Crippen MR) is 79.8 cm³/mol. The Balaban J connectivity index is 2.21. The maximum absolute atomic E-state index is 13.9. The van der Waals surface area contributed by atoms with E-state index in [1.54, 1.807) is 12.1 Å². The largest absolute Gasteiger partial charge is 0.497 e. The molecule has 1 unspecified atom stereocenters.